The smallest absolute Gasteiger partial charge is 0.227 e. The van der Waals surface area contributed by atoms with E-state index >= 15 is 0 Å². The van der Waals surface area contributed by atoms with Crippen molar-refractivity contribution in [1.82, 2.24) is 19.9 Å². The van der Waals surface area contributed by atoms with Crippen molar-refractivity contribution >= 4 is 11.6 Å². The molecule has 0 radical (unpaired) electrons. The van der Waals surface area contributed by atoms with Crippen molar-refractivity contribution < 1.29 is 9.53 Å². The molecule has 0 spiro atoms. The van der Waals surface area contributed by atoms with Gasteiger partial charge in [0.05, 0.1) is 11.4 Å². The summed E-state index contributed by atoms with van der Waals surface area (Å²) in [4.78, 5) is 15.0. The third-order valence-corrected chi connectivity index (χ3v) is 5.24. The Morgan fingerprint density at radius 2 is 2.19 bits per heavy atom. The minimum atomic E-state index is -0.0538. The molecule has 1 aliphatic rings. The van der Waals surface area contributed by atoms with Gasteiger partial charge >= 0.3 is 0 Å². The molecule has 1 aromatic carbocycles. The normalized spacial score (nSPS) is 16.2. The second-order valence-electron chi connectivity index (χ2n) is 6.94. The van der Waals surface area contributed by atoms with E-state index in [1.54, 1.807) is 4.68 Å². The molecule has 1 aliphatic carbocycles. The quantitative estimate of drug-likeness (QED) is 0.771. The molecule has 0 saturated carbocycles. The number of rotatable bonds is 8. The summed E-state index contributed by atoms with van der Waals surface area (Å²) in [5, 5.41) is 11.3. The van der Waals surface area contributed by atoms with Crippen LogP contribution in [0.3, 0.4) is 0 Å². The molecule has 1 heterocycles. The number of fused-ring (bicyclic) bond motifs is 1. The summed E-state index contributed by atoms with van der Waals surface area (Å²) in [5.41, 5.74) is 2.86. The van der Waals surface area contributed by atoms with Crippen molar-refractivity contribution in [2.75, 3.05) is 31.6 Å². The molecule has 1 unspecified atom stereocenters. The fourth-order valence-corrected chi connectivity index (χ4v) is 3.47. The first kappa shape index (κ1) is 19.4. The molecule has 0 aliphatic heterocycles. The molecule has 146 valence electrons. The summed E-state index contributed by atoms with van der Waals surface area (Å²) < 4.78 is 7.62. The van der Waals surface area contributed by atoms with E-state index in [0.29, 0.717) is 13.0 Å². The Bertz CT molecular complexity index is 769. The summed E-state index contributed by atoms with van der Waals surface area (Å²) in [7, 11) is 1.88. The Hall–Kier alpha value is -2.41. The van der Waals surface area contributed by atoms with Gasteiger partial charge in [0.2, 0.25) is 5.91 Å². The molecular formula is C20H29N5O2. The van der Waals surface area contributed by atoms with Crippen LogP contribution >= 0.6 is 0 Å². The number of nitrogens with one attached hydrogen (secondary N) is 1. The highest BCUT2D eigenvalue weighted by Gasteiger charge is 2.28. The summed E-state index contributed by atoms with van der Waals surface area (Å²) in [5.74, 6) is 0.769. The average molecular weight is 371 g/mol. The van der Waals surface area contributed by atoms with Gasteiger partial charge in [-0.05, 0) is 38.1 Å². The van der Waals surface area contributed by atoms with Crippen LogP contribution < -0.4 is 10.1 Å². The van der Waals surface area contributed by atoms with Crippen LogP contribution in [0.2, 0.25) is 0 Å². The molecule has 7 heteroatoms. The number of amides is 1. The predicted molar refractivity (Wildman–Crippen MR) is 105 cm³/mol. The second-order valence-corrected chi connectivity index (χ2v) is 6.94. The van der Waals surface area contributed by atoms with Gasteiger partial charge in [-0.15, -0.1) is 5.10 Å². The van der Waals surface area contributed by atoms with Crippen molar-refractivity contribution in [3.63, 3.8) is 0 Å². The third-order valence-electron chi connectivity index (χ3n) is 5.24. The van der Waals surface area contributed by atoms with Crippen LogP contribution in [0.15, 0.2) is 24.3 Å². The topological polar surface area (TPSA) is 72.3 Å². The van der Waals surface area contributed by atoms with Crippen molar-refractivity contribution in [3.05, 3.63) is 35.7 Å². The number of carbonyl (C=O) groups excluding carboxylic acids is 1. The van der Waals surface area contributed by atoms with E-state index in [1.807, 2.05) is 31.3 Å². The zero-order valence-electron chi connectivity index (χ0n) is 16.4. The number of hydrogen-bond donors (Lipinski definition) is 1. The van der Waals surface area contributed by atoms with Crippen LogP contribution in [0.5, 0.6) is 5.75 Å². The number of carbonyl (C=O) groups is 1. The lowest BCUT2D eigenvalue weighted by atomic mass is 9.89. The second kappa shape index (κ2) is 8.99. The first-order valence-corrected chi connectivity index (χ1v) is 9.74. The average Bonchev–Trinajstić information content (AvgIpc) is 3.06. The van der Waals surface area contributed by atoms with Crippen molar-refractivity contribution in [1.29, 1.82) is 0 Å². The summed E-state index contributed by atoms with van der Waals surface area (Å²) in [6.07, 6.45) is 2.29. The SMILES string of the molecule is CCN(CC)CCOc1cccc(NC(=O)C2CCc3nnn(C)c3C2)c1. The van der Waals surface area contributed by atoms with Gasteiger partial charge in [0.25, 0.3) is 0 Å². The number of hydrogen-bond acceptors (Lipinski definition) is 5. The van der Waals surface area contributed by atoms with E-state index in [0.717, 1.165) is 55.3 Å². The molecular weight excluding hydrogens is 342 g/mol. The van der Waals surface area contributed by atoms with Crippen LogP contribution in [-0.2, 0) is 24.7 Å². The third kappa shape index (κ3) is 4.86. The zero-order valence-corrected chi connectivity index (χ0v) is 16.4. The first-order valence-electron chi connectivity index (χ1n) is 9.74. The standard InChI is InChI=1S/C20H29N5O2/c1-4-25(5-2)11-12-27-17-8-6-7-16(14-17)21-20(26)15-9-10-18-19(13-15)24(3)23-22-18/h6-8,14-15H,4-5,9-13H2,1-3H3,(H,21,26). The Kier molecular flexibility index (Phi) is 6.45. The molecule has 2 aromatic rings. The van der Waals surface area contributed by atoms with Gasteiger partial charge in [-0.1, -0.05) is 25.1 Å². The highest BCUT2D eigenvalue weighted by atomic mass is 16.5. The van der Waals surface area contributed by atoms with Crippen LogP contribution in [0.25, 0.3) is 0 Å². The molecule has 1 amide bonds. The predicted octanol–water partition coefficient (Wildman–Crippen LogP) is 2.28. The Morgan fingerprint density at radius 1 is 1.37 bits per heavy atom. The van der Waals surface area contributed by atoms with Crippen LogP contribution in [-0.4, -0.2) is 52.0 Å². The van der Waals surface area contributed by atoms with Gasteiger partial charge in [-0.3, -0.25) is 9.48 Å². The monoisotopic (exact) mass is 371 g/mol. The largest absolute Gasteiger partial charge is 0.492 e. The van der Waals surface area contributed by atoms with Gasteiger partial charge in [0, 0.05) is 37.7 Å². The maximum atomic E-state index is 12.7. The fraction of sp³-hybridized carbons (Fsp3) is 0.550. The van der Waals surface area contributed by atoms with E-state index in [4.69, 9.17) is 4.74 Å². The lowest BCUT2D eigenvalue weighted by molar-refractivity contribution is -0.120. The van der Waals surface area contributed by atoms with E-state index in [2.05, 4.69) is 34.4 Å². The number of aromatic nitrogens is 3. The molecule has 0 fully saturated rings. The highest BCUT2D eigenvalue weighted by molar-refractivity contribution is 5.93. The number of likely N-dealkylation sites (N-methyl/N-ethyl adjacent to an activating group) is 1. The Balaban J connectivity index is 1.55. The van der Waals surface area contributed by atoms with Gasteiger partial charge in [0.15, 0.2) is 0 Å². The summed E-state index contributed by atoms with van der Waals surface area (Å²) >= 11 is 0. The van der Waals surface area contributed by atoms with E-state index in [9.17, 15) is 4.79 Å². The number of nitrogens with zero attached hydrogens (tertiary/aromatic N) is 4. The van der Waals surface area contributed by atoms with Gasteiger partial charge < -0.3 is 15.0 Å². The van der Waals surface area contributed by atoms with E-state index in [-0.39, 0.29) is 11.8 Å². The van der Waals surface area contributed by atoms with Crippen molar-refractivity contribution in [2.45, 2.75) is 33.1 Å². The lowest BCUT2D eigenvalue weighted by Gasteiger charge is -2.21. The number of anilines is 1. The van der Waals surface area contributed by atoms with Crippen molar-refractivity contribution in [2.24, 2.45) is 13.0 Å². The minimum absolute atomic E-state index is 0.0436. The maximum absolute atomic E-state index is 12.7. The summed E-state index contributed by atoms with van der Waals surface area (Å²) in [6, 6.07) is 7.62. The molecule has 0 bridgehead atoms. The molecule has 7 nitrogen and oxygen atoms in total. The molecule has 1 atom stereocenters. The summed E-state index contributed by atoms with van der Waals surface area (Å²) in [6.45, 7) is 7.87. The zero-order chi connectivity index (χ0) is 19.2. The Morgan fingerprint density at radius 3 is 2.96 bits per heavy atom. The molecule has 1 aromatic heterocycles. The lowest BCUT2D eigenvalue weighted by Crippen LogP contribution is -2.29. The van der Waals surface area contributed by atoms with E-state index < -0.39 is 0 Å². The van der Waals surface area contributed by atoms with Crippen LogP contribution in [0.4, 0.5) is 5.69 Å². The Labute approximate surface area is 160 Å². The number of aryl methyl sites for hydroxylation is 2. The highest BCUT2D eigenvalue weighted by Crippen LogP contribution is 2.25. The van der Waals surface area contributed by atoms with E-state index in [1.165, 1.54) is 0 Å². The number of ether oxygens (including phenoxy) is 1. The fourth-order valence-electron chi connectivity index (χ4n) is 3.47. The van der Waals surface area contributed by atoms with Crippen LogP contribution in [0.1, 0.15) is 31.7 Å². The number of benzene rings is 1. The minimum Gasteiger partial charge on any atom is -0.492 e. The van der Waals surface area contributed by atoms with Gasteiger partial charge in [0.1, 0.15) is 12.4 Å². The molecule has 3 rings (SSSR count). The van der Waals surface area contributed by atoms with Gasteiger partial charge in [-0.2, -0.15) is 0 Å². The maximum Gasteiger partial charge on any atom is 0.227 e. The van der Waals surface area contributed by atoms with Gasteiger partial charge in [-0.25, -0.2) is 0 Å². The molecule has 0 saturated heterocycles. The van der Waals surface area contributed by atoms with Crippen molar-refractivity contribution in [3.8, 4) is 5.75 Å². The first-order chi connectivity index (χ1) is 13.1. The van der Waals surface area contributed by atoms with Crippen LogP contribution in [0, 0.1) is 5.92 Å². The molecule has 1 N–H and O–H groups in total. The molecule has 27 heavy (non-hydrogen) atoms.